The van der Waals surface area contributed by atoms with Crippen molar-refractivity contribution >= 4 is 19.5 Å². The van der Waals surface area contributed by atoms with Crippen molar-refractivity contribution in [1.29, 1.82) is 0 Å². The molecule has 4 rings (SSSR count). The number of benzene rings is 1. The fourth-order valence-electron chi connectivity index (χ4n) is 3.82. The van der Waals surface area contributed by atoms with E-state index in [9.17, 15) is 9.90 Å². The number of nitrogens with zero attached hydrogens (tertiary/aromatic N) is 3. The number of ether oxygens (including phenoxy) is 2. The van der Waals surface area contributed by atoms with Crippen molar-refractivity contribution in [2.24, 2.45) is 5.03 Å². The molecule has 0 aliphatic carbocycles. The zero-order chi connectivity index (χ0) is 16.2. The molecule has 1 spiro atoms. The van der Waals surface area contributed by atoms with Gasteiger partial charge < -0.3 is 19.2 Å². The van der Waals surface area contributed by atoms with Gasteiger partial charge in [-0.05, 0) is 29.5 Å². The van der Waals surface area contributed by atoms with Crippen LogP contribution in [0.3, 0.4) is 0 Å². The summed E-state index contributed by atoms with van der Waals surface area (Å²) in [4.78, 5) is 15.0. The van der Waals surface area contributed by atoms with Crippen LogP contribution in [-0.4, -0.2) is 49.2 Å². The summed E-state index contributed by atoms with van der Waals surface area (Å²) in [6, 6.07) is 8.49. The molecule has 0 saturated carbocycles. The summed E-state index contributed by atoms with van der Waals surface area (Å²) in [5, 5.41) is 13.4. The molecular formula is C13H13B2N3O5. The normalized spacial score (nSPS) is 37.0. The molecule has 1 aromatic carbocycles. The Morgan fingerprint density at radius 3 is 2.91 bits per heavy atom. The molecule has 3 heterocycles. The van der Waals surface area contributed by atoms with Gasteiger partial charge in [0.2, 0.25) is 0 Å². The smallest absolute Gasteiger partial charge is 0.338 e. The van der Waals surface area contributed by atoms with Gasteiger partial charge >= 0.3 is 5.97 Å². The van der Waals surface area contributed by atoms with Gasteiger partial charge in [0.1, 0.15) is 0 Å². The number of esters is 1. The third-order valence-corrected chi connectivity index (χ3v) is 5.02. The van der Waals surface area contributed by atoms with Gasteiger partial charge in [0.25, 0.3) is 13.5 Å². The van der Waals surface area contributed by atoms with E-state index in [0.29, 0.717) is 5.56 Å². The lowest BCUT2D eigenvalue weighted by Gasteiger charge is -2.50. The monoisotopic (exact) mass is 313 g/mol. The zero-order valence-corrected chi connectivity index (χ0v) is 12.3. The van der Waals surface area contributed by atoms with Crippen LogP contribution in [0.1, 0.15) is 17.3 Å². The van der Waals surface area contributed by atoms with Gasteiger partial charge in [-0.3, -0.25) is 0 Å². The predicted octanol–water partition coefficient (Wildman–Crippen LogP) is 1.01. The molecule has 116 valence electrons. The molecule has 3 aliphatic rings. The minimum atomic E-state index is -1.28. The van der Waals surface area contributed by atoms with Crippen molar-refractivity contribution in [1.82, 2.24) is 0 Å². The maximum Gasteiger partial charge on any atom is 0.338 e. The first-order valence-electron chi connectivity index (χ1n) is 7.40. The predicted molar refractivity (Wildman–Crippen MR) is 80.4 cm³/mol. The summed E-state index contributed by atoms with van der Waals surface area (Å²) >= 11 is 0. The summed E-state index contributed by atoms with van der Waals surface area (Å²) in [5.41, 5.74) is 9.03. The molecule has 3 aliphatic heterocycles. The van der Waals surface area contributed by atoms with Crippen LogP contribution in [0.2, 0.25) is 5.21 Å². The summed E-state index contributed by atoms with van der Waals surface area (Å²) in [7, 11) is 0. The van der Waals surface area contributed by atoms with Crippen molar-refractivity contribution in [3.63, 3.8) is 0 Å². The van der Waals surface area contributed by atoms with Crippen molar-refractivity contribution in [3.05, 3.63) is 46.3 Å². The Bertz CT molecular complexity index is 700. The quantitative estimate of drug-likeness (QED) is 0.294. The molecule has 5 atom stereocenters. The minimum Gasteiger partial charge on any atom is -0.451 e. The van der Waals surface area contributed by atoms with Gasteiger partial charge in [-0.15, -0.1) is 0 Å². The van der Waals surface area contributed by atoms with Crippen LogP contribution < -0.4 is 0 Å². The van der Waals surface area contributed by atoms with Gasteiger partial charge in [-0.1, -0.05) is 18.2 Å². The van der Waals surface area contributed by atoms with E-state index in [-0.39, 0.29) is 19.6 Å². The van der Waals surface area contributed by atoms with E-state index in [0.717, 1.165) is 0 Å². The second kappa shape index (κ2) is 5.01. The van der Waals surface area contributed by atoms with Crippen molar-refractivity contribution in [2.75, 3.05) is 0 Å². The van der Waals surface area contributed by atoms with E-state index in [2.05, 4.69) is 9.94 Å². The van der Waals surface area contributed by atoms with Crippen LogP contribution in [0.25, 0.3) is 10.4 Å². The van der Waals surface area contributed by atoms with Gasteiger partial charge in [0.15, 0.2) is 12.4 Å². The molecule has 3 saturated heterocycles. The highest BCUT2D eigenvalue weighted by Crippen LogP contribution is 2.70. The molecule has 0 bridgehead atoms. The van der Waals surface area contributed by atoms with Gasteiger partial charge in [0, 0.05) is 5.21 Å². The Morgan fingerprint density at radius 1 is 1.48 bits per heavy atom. The highest BCUT2D eigenvalue weighted by atomic mass is 16.7. The summed E-state index contributed by atoms with van der Waals surface area (Å²) in [5.74, 6) is -0.559. The van der Waals surface area contributed by atoms with Crippen LogP contribution in [0.4, 0.5) is 0 Å². The van der Waals surface area contributed by atoms with Crippen molar-refractivity contribution < 1.29 is 24.0 Å². The standard InChI is InChI=1S/C13H13B2N3O5/c1-7-13-10(23-15(13)14(13)17-18-16)9(12(20)21-7)22-11(19)8-5-3-2-4-6-8/h2-7,9-10,12,20H,1H3/t7?,9-,10?,12+,13+/m1/s1. The average molecular weight is 313 g/mol. The molecule has 8 nitrogen and oxygen atoms in total. The SMILES string of the molecule is CC1O[C@H](O)[C@H](OC(=O)c2ccccc2)C2OB3B(N=[N+]=[N-])[C@]312. The molecule has 0 aromatic heterocycles. The lowest BCUT2D eigenvalue weighted by molar-refractivity contribution is -0.255. The van der Waals surface area contributed by atoms with Crippen LogP contribution >= 0.6 is 0 Å². The highest BCUT2D eigenvalue weighted by molar-refractivity contribution is 7.43. The largest absolute Gasteiger partial charge is 0.451 e. The fraction of sp³-hybridized carbons (Fsp3) is 0.462. The molecule has 10 heteroatoms. The van der Waals surface area contributed by atoms with E-state index in [4.69, 9.17) is 19.7 Å². The molecular weight excluding hydrogens is 300 g/mol. The Balaban J connectivity index is 1.55. The highest BCUT2D eigenvalue weighted by Gasteiger charge is 2.88. The molecule has 0 radical (unpaired) electrons. The number of carbonyl (C=O) groups is 1. The molecule has 2 unspecified atom stereocenters. The molecule has 0 amide bonds. The molecule has 1 aromatic rings. The number of rotatable bonds is 3. The Morgan fingerprint density at radius 2 is 2.22 bits per heavy atom. The first kappa shape index (κ1) is 14.6. The number of aliphatic hydroxyl groups excluding tert-OH is 1. The molecule has 3 fully saturated rings. The summed E-state index contributed by atoms with van der Waals surface area (Å²) < 4.78 is 16.6. The van der Waals surface area contributed by atoms with Gasteiger partial charge in [-0.2, -0.15) is 5.03 Å². The van der Waals surface area contributed by atoms with Crippen molar-refractivity contribution in [3.8, 4) is 0 Å². The maximum atomic E-state index is 12.2. The first-order chi connectivity index (χ1) is 11.1. The van der Waals surface area contributed by atoms with E-state index in [1.807, 2.05) is 0 Å². The van der Waals surface area contributed by atoms with E-state index < -0.39 is 29.7 Å². The number of hydrogen-bond donors (Lipinski definition) is 1. The van der Waals surface area contributed by atoms with Gasteiger partial charge in [0.05, 0.1) is 17.8 Å². The third kappa shape index (κ3) is 1.86. The fourth-order valence-corrected chi connectivity index (χ4v) is 3.82. The summed E-state index contributed by atoms with van der Waals surface area (Å²) in [6.45, 7) is 1.22. The summed E-state index contributed by atoms with van der Waals surface area (Å²) in [6.07, 6.45) is -3.10. The van der Waals surface area contributed by atoms with Crippen LogP contribution in [0.5, 0.6) is 0 Å². The third-order valence-electron chi connectivity index (χ3n) is 5.02. The Labute approximate surface area is 132 Å². The second-order valence-corrected chi connectivity index (χ2v) is 6.03. The topological polar surface area (TPSA) is 114 Å². The lowest BCUT2D eigenvalue weighted by atomic mass is 9.60. The first-order valence-corrected chi connectivity index (χ1v) is 7.40. The lowest BCUT2D eigenvalue weighted by Crippen LogP contribution is -2.62. The number of hydrogen-bond acceptors (Lipinski definition) is 6. The molecule has 1 N–H and O–H groups in total. The average Bonchev–Trinajstić information content (AvgIpc) is 3.02. The van der Waals surface area contributed by atoms with E-state index >= 15 is 0 Å². The number of azide groups is 1. The van der Waals surface area contributed by atoms with Gasteiger partial charge in [-0.25, -0.2) is 4.79 Å². The Kier molecular flexibility index (Phi) is 3.18. The maximum absolute atomic E-state index is 12.2. The second-order valence-electron chi connectivity index (χ2n) is 6.03. The Hall–Kier alpha value is -1.99. The number of aliphatic hydroxyl groups is 1. The minimum absolute atomic E-state index is 0.233. The van der Waals surface area contributed by atoms with E-state index in [1.165, 1.54) is 0 Å². The van der Waals surface area contributed by atoms with Crippen LogP contribution in [0.15, 0.2) is 35.4 Å². The van der Waals surface area contributed by atoms with Crippen LogP contribution in [0, 0.1) is 0 Å². The van der Waals surface area contributed by atoms with Crippen molar-refractivity contribution in [2.45, 2.75) is 36.7 Å². The number of carbonyl (C=O) groups excluding carboxylic acids is 1. The van der Waals surface area contributed by atoms with E-state index in [1.54, 1.807) is 37.3 Å². The molecule has 23 heavy (non-hydrogen) atoms. The zero-order valence-electron chi connectivity index (χ0n) is 12.3. The van der Waals surface area contributed by atoms with Crippen LogP contribution in [-0.2, 0) is 14.1 Å².